The second-order valence-electron chi connectivity index (χ2n) is 5.37. The van der Waals surface area contributed by atoms with Crippen molar-refractivity contribution in [2.75, 3.05) is 14.2 Å². The van der Waals surface area contributed by atoms with Gasteiger partial charge in [0.15, 0.2) is 5.17 Å². The first kappa shape index (κ1) is 18.5. The SMILES string of the molecule is COc1ccc(N=C2NC(=O)C(=Cc3cccc([N+](=O)[O-])c3)S2)c(OC)c1. The first-order chi connectivity index (χ1) is 13.0. The van der Waals surface area contributed by atoms with Gasteiger partial charge in [-0.25, -0.2) is 4.99 Å². The minimum absolute atomic E-state index is 0.0374. The molecule has 2 aromatic carbocycles. The van der Waals surface area contributed by atoms with Gasteiger partial charge in [0.25, 0.3) is 11.6 Å². The first-order valence-electron chi connectivity index (χ1n) is 7.76. The Kier molecular flexibility index (Phi) is 5.41. The number of nitrogens with zero attached hydrogens (tertiary/aromatic N) is 2. The zero-order chi connectivity index (χ0) is 19.4. The van der Waals surface area contributed by atoms with Crippen LogP contribution in [0, 0.1) is 10.1 Å². The summed E-state index contributed by atoms with van der Waals surface area (Å²) < 4.78 is 10.4. The van der Waals surface area contributed by atoms with Crippen LogP contribution in [0.1, 0.15) is 5.56 Å². The van der Waals surface area contributed by atoms with Gasteiger partial charge in [0.2, 0.25) is 0 Å². The van der Waals surface area contributed by atoms with Gasteiger partial charge in [0, 0.05) is 18.2 Å². The van der Waals surface area contributed by atoms with E-state index in [0.717, 1.165) is 11.8 Å². The van der Waals surface area contributed by atoms with Gasteiger partial charge < -0.3 is 14.8 Å². The summed E-state index contributed by atoms with van der Waals surface area (Å²) in [4.78, 5) is 27.4. The Morgan fingerprint density at radius 2 is 2.00 bits per heavy atom. The van der Waals surface area contributed by atoms with Crippen LogP contribution >= 0.6 is 11.8 Å². The van der Waals surface area contributed by atoms with Gasteiger partial charge in [0.1, 0.15) is 17.2 Å². The lowest BCUT2D eigenvalue weighted by atomic mass is 10.2. The van der Waals surface area contributed by atoms with Gasteiger partial charge in [-0.3, -0.25) is 14.9 Å². The number of hydrogen-bond donors (Lipinski definition) is 1. The maximum Gasteiger partial charge on any atom is 0.270 e. The fourth-order valence-corrected chi connectivity index (χ4v) is 3.18. The van der Waals surface area contributed by atoms with Crippen LogP contribution in [0.25, 0.3) is 6.08 Å². The molecule has 1 heterocycles. The minimum atomic E-state index is -0.479. The van der Waals surface area contributed by atoms with E-state index in [1.807, 2.05) is 0 Å². The average molecular weight is 385 g/mol. The second-order valence-corrected chi connectivity index (χ2v) is 6.40. The fourth-order valence-electron chi connectivity index (χ4n) is 2.35. The van der Waals surface area contributed by atoms with Gasteiger partial charge in [0.05, 0.1) is 24.0 Å². The van der Waals surface area contributed by atoms with Crippen LogP contribution < -0.4 is 14.8 Å². The summed E-state index contributed by atoms with van der Waals surface area (Å²) >= 11 is 1.15. The highest BCUT2D eigenvalue weighted by Crippen LogP contribution is 2.34. The number of nitro benzene ring substituents is 1. The highest BCUT2D eigenvalue weighted by atomic mass is 32.2. The van der Waals surface area contributed by atoms with E-state index in [0.29, 0.717) is 32.8 Å². The number of benzene rings is 2. The molecule has 0 saturated carbocycles. The van der Waals surface area contributed by atoms with Crippen molar-refractivity contribution in [2.45, 2.75) is 0 Å². The van der Waals surface area contributed by atoms with E-state index in [9.17, 15) is 14.9 Å². The van der Waals surface area contributed by atoms with Gasteiger partial charge in [-0.2, -0.15) is 0 Å². The molecule has 8 nitrogen and oxygen atoms in total. The summed E-state index contributed by atoms with van der Waals surface area (Å²) in [6, 6.07) is 11.2. The van der Waals surface area contributed by atoms with Gasteiger partial charge >= 0.3 is 0 Å². The molecule has 3 rings (SSSR count). The lowest BCUT2D eigenvalue weighted by Crippen LogP contribution is -2.19. The number of carbonyl (C=O) groups excluding carboxylic acids is 1. The number of hydrogen-bond acceptors (Lipinski definition) is 7. The number of carbonyl (C=O) groups is 1. The first-order valence-corrected chi connectivity index (χ1v) is 8.58. The molecular weight excluding hydrogens is 370 g/mol. The monoisotopic (exact) mass is 385 g/mol. The summed E-state index contributed by atoms with van der Waals surface area (Å²) in [5.41, 5.74) is 1.06. The number of methoxy groups -OCH3 is 2. The number of amides is 1. The molecular formula is C18H15N3O5S. The van der Waals surface area contributed by atoms with Crippen LogP contribution in [0.5, 0.6) is 11.5 Å². The molecule has 2 aromatic rings. The molecule has 1 saturated heterocycles. The Balaban J connectivity index is 1.86. The van der Waals surface area contributed by atoms with Crippen LogP contribution in [-0.2, 0) is 4.79 Å². The molecule has 138 valence electrons. The van der Waals surface area contributed by atoms with Gasteiger partial charge in [-0.1, -0.05) is 12.1 Å². The number of non-ortho nitro benzene ring substituents is 1. The molecule has 0 atom stereocenters. The van der Waals surface area contributed by atoms with Crippen molar-refractivity contribution in [3.8, 4) is 11.5 Å². The topological polar surface area (TPSA) is 103 Å². The van der Waals surface area contributed by atoms with E-state index >= 15 is 0 Å². The Bertz CT molecular complexity index is 971. The van der Waals surface area contributed by atoms with Gasteiger partial charge in [-0.15, -0.1) is 0 Å². The van der Waals surface area contributed by atoms with E-state index in [1.165, 1.54) is 19.2 Å². The Hall–Kier alpha value is -3.33. The molecule has 1 N–H and O–H groups in total. The van der Waals surface area contributed by atoms with Crippen molar-refractivity contribution >= 4 is 40.3 Å². The molecule has 0 aliphatic carbocycles. The third-order valence-electron chi connectivity index (χ3n) is 3.64. The molecule has 0 spiro atoms. The van der Waals surface area contributed by atoms with E-state index in [1.54, 1.807) is 43.5 Å². The molecule has 0 aromatic heterocycles. The van der Waals surface area contributed by atoms with Gasteiger partial charge in [-0.05, 0) is 35.5 Å². The Labute approximate surface area is 159 Å². The van der Waals surface area contributed by atoms with Crippen LogP contribution in [0.2, 0.25) is 0 Å². The second kappa shape index (κ2) is 7.92. The molecule has 1 aliphatic rings. The zero-order valence-electron chi connectivity index (χ0n) is 14.5. The van der Waals surface area contributed by atoms with Crippen LogP contribution in [0.3, 0.4) is 0 Å². The zero-order valence-corrected chi connectivity index (χ0v) is 15.3. The molecule has 1 amide bonds. The predicted octanol–water partition coefficient (Wildman–Crippen LogP) is 3.50. The number of ether oxygens (including phenoxy) is 2. The fraction of sp³-hybridized carbons (Fsp3) is 0.111. The summed E-state index contributed by atoms with van der Waals surface area (Å²) in [6.07, 6.45) is 1.58. The van der Waals surface area contributed by atoms with Crippen LogP contribution in [0.15, 0.2) is 52.4 Å². The number of nitro groups is 1. The molecule has 9 heteroatoms. The highest BCUT2D eigenvalue weighted by molar-refractivity contribution is 8.18. The Morgan fingerprint density at radius 1 is 1.19 bits per heavy atom. The van der Waals surface area contributed by atoms with E-state index in [2.05, 4.69) is 10.3 Å². The number of thioether (sulfide) groups is 1. The van der Waals surface area contributed by atoms with Crippen molar-refractivity contribution in [1.82, 2.24) is 5.32 Å². The number of amidine groups is 1. The lowest BCUT2D eigenvalue weighted by Gasteiger charge is -2.07. The smallest absolute Gasteiger partial charge is 0.270 e. The summed E-state index contributed by atoms with van der Waals surface area (Å²) in [7, 11) is 3.07. The number of nitrogens with one attached hydrogen (secondary N) is 1. The molecule has 27 heavy (non-hydrogen) atoms. The molecule has 1 aliphatic heterocycles. The lowest BCUT2D eigenvalue weighted by molar-refractivity contribution is -0.384. The summed E-state index contributed by atoms with van der Waals surface area (Å²) in [6.45, 7) is 0. The van der Waals surface area contributed by atoms with E-state index < -0.39 is 4.92 Å². The predicted molar refractivity (Wildman–Crippen MR) is 103 cm³/mol. The van der Waals surface area contributed by atoms with Crippen molar-refractivity contribution < 1.29 is 19.2 Å². The van der Waals surface area contributed by atoms with Crippen LogP contribution in [0.4, 0.5) is 11.4 Å². The van der Waals surface area contributed by atoms with Crippen molar-refractivity contribution in [1.29, 1.82) is 0 Å². The van der Waals surface area contributed by atoms with Crippen LogP contribution in [-0.4, -0.2) is 30.2 Å². The van der Waals surface area contributed by atoms with Crippen molar-refractivity contribution in [3.05, 3.63) is 63.0 Å². The number of rotatable bonds is 5. The van der Waals surface area contributed by atoms with Crippen molar-refractivity contribution in [2.24, 2.45) is 4.99 Å². The molecule has 1 fully saturated rings. The summed E-state index contributed by atoms with van der Waals surface area (Å²) in [5, 5.41) is 13.9. The third-order valence-corrected chi connectivity index (χ3v) is 4.55. The summed E-state index contributed by atoms with van der Waals surface area (Å²) in [5.74, 6) is 0.815. The van der Waals surface area contributed by atoms with E-state index in [-0.39, 0.29) is 11.6 Å². The number of aliphatic imine (C=N–C) groups is 1. The minimum Gasteiger partial charge on any atom is -0.497 e. The molecule has 0 unspecified atom stereocenters. The maximum atomic E-state index is 12.2. The van der Waals surface area contributed by atoms with E-state index in [4.69, 9.17) is 9.47 Å². The molecule has 0 radical (unpaired) electrons. The quantitative estimate of drug-likeness (QED) is 0.480. The maximum absolute atomic E-state index is 12.2. The van der Waals surface area contributed by atoms with Crippen molar-refractivity contribution in [3.63, 3.8) is 0 Å². The highest BCUT2D eigenvalue weighted by Gasteiger charge is 2.24. The molecule has 0 bridgehead atoms. The Morgan fingerprint density at radius 3 is 2.70 bits per heavy atom. The standard InChI is InChI=1S/C18H15N3O5S/c1-25-13-6-7-14(15(10-13)26-2)19-18-20-17(22)16(27-18)9-11-4-3-5-12(8-11)21(23)24/h3-10H,1-2H3,(H,19,20,22). The average Bonchev–Trinajstić information content (AvgIpc) is 3.01. The normalized spacial score (nSPS) is 16.4. The largest absolute Gasteiger partial charge is 0.497 e. The third kappa shape index (κ3) is 4.26.